The minimum Gasteiger partial charge on any atom is -0.320 e. The average Bonchev–Trinajstić information content (AvgIpc) is 2.94. The number of para-hydroxylation sites is 1. The quantitative estimate of drug-likeness (QED) is 0.317. The van der Waals surface area contributed by atoms with E-state index in [-0.39, 0.29) is 22.4 Å². The Bertz CT molecular complexity index is 1640. The Kier molecular flexibility index (Phi) is 7.59. The minimum absolute atomic E-state index is 0.126. The fraction of sp³-hybridized carbons (Fsp3) is 0.0667. The minimum atomic E-state index is -0.568. The first-order chi connectivity index (χ1) is 18.4. The lowest BCUT2D eigenvalue weighted by atomic mass is 9.95. The zero-order valence-corrected chi connectivity index (χ0v) is 20.5. The van der Waals surface area contributed by atoms with Crippen molar-refractivity contribution >= 4 is 36.3 Å². The van der Waals surface area contributed by atoms with Crippen LogP contribution in [0.3, 0.4) is 0 Å². The van der Waals surface area contributed by atoms with E-state index in [1.807, 2.05) is 13.0 Å². The number of aryl methyl sites for hydroxylation is 2. The number of halogens is 1. The molecule has 1 amide bonds. The van der Waals surface area contributed by atoms with Crippen LogP contribution in [0.4, 0.5) is 10.1 Å². The molecule has 0 fully saturated rings. The van der Waals surface area contributed by atoms with E-state index >= 15 is 0 Å². The van der Waals surface area contributed by atoms with Crippen LogP contribution in [0.15, 0.2) is 60.9 Å². The molecule has 0 aliphatic heterocycles. The third-order valence-corrected chi connectivity index (χ3v) is 5.98. The van der Waals surface area contributed by atoms with Crippen molar-refractivity contribution in [2.24, 2.45) is 0 Å². The van der Waals surface area contributed by atoms with Crippen molar-refractivity contribution in [3.63, 3.8) is 0 Å². The lowest BCUT2D eigenvalue weighted by Gasteiger charge is -2.15. The monoisotopic (exact) mass is 504 g/mol. The van der Waals surface area contributed by atoms with Gasteiger partial charge in [0.25, 0.3) is 5.91 Å². The van der Waals surface area contributed by atoms with Crippen LogP contribution in [0.1, 0.15) is 59.2 Å². The molecule has 0 unspecified atom stereocenters. The molecule has 2 heterocycles. The highest BCUT2D eigenvalue weighted by atomic mass is 19.1. The van der Waals surface area contributed by atoms with Gasteiger partial charge in [-0.25, -0.2) is 4.39 Å². The van der Waals surface area contributed by atoms with Gasteiger partial charge in [-0.05, 0) is 67.5 Å². The molecule has 0 radical (unpaired) electrons. The van der Waals surface area contributed by atoms with Crippen molar-refractivity contribution in [1.29, 1.82) is 5.26 Å². The molecule has 4 rings (SSSR count). The van der Waals surface area contributed by atoms with Gasteiger partial charge in [-0.1, -0.05) is 18.2 Å². The Labute approximate surface area is 218 Å². The number of nitrogens with zero attached hydrogens (tertiary/aromatic N) is 3. The summed E-state index contributed by atoms with van der Waals surface area (Å²) in [6.45, 7) is 3.53. The van der Waals surface area contributed by atoms with E-state index < -0.39 is 11.7 Å². The molecule has 7 nitrogen and oxygen atoms in total. The van der Waals surface area contributed by atoms with E-state index in [4.69, 9.17) is 0 Å². The Morgan fingerprint density at radius 2 is 1.76 bits per heavy atom. The summed E-state index contributed by atoms with van der Waals surface area (Å²) in [4.78, 5) is 43.2. The largest absolute Gasteiger partial charge is 0.320 e. The fourth-order valence-electron chi connectivity index (χ4n) is 3.93. The molecule has 2 aromatic carbocycles. The van der Waals surface area contributed by atoms with Gasteiger partial charge >= 0.3 is 0 Å². The lowest BCUT2D eigenvalue weighted by molar-refractivity contribution is 0.102. The summed E-state index contributed by atoms with van der Waals surface area (Å²) in [6, 6.07) is 14.9. The first-order valence-corrected chi connectivity index (χ1v) is 11.5. The number of aldehydes is 2. The van der Waals surface area contributed by atoms with E-state index in [1.54, 1.807) is 31.2 Å². The van der Waals surface area contributed by atoms with Crippen molar-refractivity contribution in [3.8, 4) is 17.2 Å². The predicted octanol–water partition coefficient (Wildman–Crippen LogP) is 5.82. The van der Waals surface area contributed by atoms with Crippen LogP contribution in [-0.2, 0) is 0 Å². The van der Waals surface area contributed by atoms with Gasteiger partial charge in [0.2, 0.25) is 0 Å². The average molecular weight is 505 g/mol. The molecule has 1 N–H and O–H groups in total. The lowest BCUT2D eigenvalue weighted by Crippen LogP contribution is -2.15. The van der Waals surface area contributed by atoms with Crippen LogP contribution in [0.2, 0.25) is 0 Å². The van der Waals surface area contributed by atoms with Gasteiger partial charge in [0.15, 0.2) is 6.29 Å². The van der Waals surface area contributed by atoms with E-state index in [1.165, 1.54) is 42.7 Å². The Balaban J connectivity index is 1.74. The van der Waals surface area contributed by atoms with Crippen molar-refractivity contribution in [2.75, 3.05) is 5.32 Å². The highest BCUT2D eigenvalue weighted by molar-refractivity contribution is 6.06. The van der Waals surface area contributed by atoms with Crippen molar-refractivity contribution in [1.82, 2.24) is 9.97 Å². The molecule has 0 atom stereocenters. The summed E-state index contributed by atoms with van der Waals surface area (Å²) >= 11 is 0. The normalized spacial score (nSPS) is 10.7. The number of rotatable bonds is 7. The molecular formula is C30H21FN4O3. The third-order valence-electron chi connectivity index (χ3n) is 5.98. The Hall–Kier alpha value is -5.29. The van der Waals surface area contributed by atoms with Crippen molar-refractivity contribution in [3.05, 3.63) is 112 Å². The second kappa shape index (κ2) is 11.2. The summed E-state index contributed by atoms with van der Waals surface area (Å²) in [7, 11) is 0. The number of nitrogens with one attached hydrogen (secondary N) is 1. The first-order valence-electron chi connectivity index (χ1n) is 11.5. The van der Waals surface area contributed by atoms with Gasteiger partial charge in [0, 0.05) is 40.2 Å². The Morgan fingerprint density at radius 1 is 0.947 bits per heavy atom. The van der Waals surface area contributed by atoms with E-state index in [9.17, 15) is 24.0 Å². The van der Waals surface area contributed by atoms with Gasteiger partial charge < -0.3 is 5.32 Å². The molecule has 0 spiro atoms. The van der Waals surface area contributed by atoms with Crippen LogP contribution in [0.25, 0.3) is 23.3 Å². The molecule has 0 aliphatic carbocycles. The summed E-state index contributed by atoms with van der Waals surface area (Å²) in [6.07, 6.45) is 7.11. The van der Waals surface area contributed by atoms with Gasteiger partial charge in [-0.15, -0.1) is 0 Å². The van der Waals surface area contributed by atoms with Gasteiger partial charge in [-0.3, -0.25) is 24.4 Å². The molecule has 0 aliphatic rings. The summed E-state index contributed by atoms with van der Waals surface area (Å²) in [5, 5.41) is 12.9. The van der Waals surface area contributed by atoms with Gasteiger partial charge in [-0.2, -0.15) is 5.26 Å². The van der Waals surface area contributed by atoms with Crippen LogP contribution < -0.4 is 5.32 Å². The van der Waals surface area contributed by atoms with Crippen LogP contribution in [0, 0.1) is 31.0 Å². The third kappa shape index (κ3) is 5.27. The van der Waals surface area contributed by atoms with Crippen LogP contribution in [0.5, 0.6) is 0 Å². The molecule has 38 heavy (non-hydrogen) atoms. The zero-order valence-electron chi connectivity index (χ0n) is 20.5. The highest BCUT2D eigenvalue weighted by Gasteiger charge is 2.17. The highest BCUT2D eigenvalue weighted by Crippen LogP contribution is 2.34. The fourth-order valence-corrected chi connectivity index (χ4v) is 3.93. The number of amides is 1. The van der Waals surface area contributed by atoms with Gasteiger partial charge in [0.05, 0.1) is 16.9 Å². The number of pyridine rings is 2. The maximum atomic E-state index is 14.5. The number of carbonyl (C=O) groups excluding carboxylic acids is 3. The SMILES string of the molecule is Cc1cc(/C=C/c2nccc(-c3cccc(C)c3NC(=O)c3ccc(C=O)cn3)c2C#N)c(F)cc1C=O. The maximum Gasteiger partial charge on any atom is 0.274 e. The van der Waals surface area contributed by atoms with Crippen molar-refractivity contribution in [2.45, 2.75) is 13.8 Å². The molecule has 4 aromatic rings. The summed E-state index contributed by atoms with van der Waals surface area (Å²) in [5.74, 6) is -1.04. The Morgan fingerprint density at radius 3 is 2.45 bits per heavy atom. The standard InChI is InChI=1S/C30H21FN4O3/c1-18-4-3-5-24(29(18)35-30(38)28-8-6-20(16-36)15-34-28)23-10-11-33-27(25(23)14-32)9-7-21-12-19(2)22(17-37)13-26(21)31/h3-13,15-17H,1-2H3,(H,35,38)/b9-7+. The van der Waals surface area contributed by atoms with E-state index in [0.717, 1.165) is 5.56 Å². The molecule has 8 heteroatoms. The van der Waals surface area contributed by atoms with E-state index in [2.05, 4.69) is 21.4 Å². The smallest absolute Gasteiger partial charge is 0.274 e. The zero-order chi connectivity index (χ0) is 27.2. The molecule has 0 bridgehead atoms. The summed E-state index contributed by atoms with van der Waals surface area (Å²) in [5.41, 5.74) is 4.53. The number of hydrogen-bond acceptors (Lipinski definition) is 6. The number of anilines is 1. The van der Waals surface area contributed by atoms with Crippen LogP contribution >= 0.6 is 0 Å². The molecule has 2 aromatic heterocycles. The molecule has 0 saturated heterocycles. The van der Waals surface area contributed by atoms with Crippen LogP contribution in [-0.4, -0.2) is 28.4 Å². The number of nitriles is 1. The number of aromatic nitrogens is 2. The number of carbonyl (C=O) groups is 3. The maximum absolute atomic E-state index is 14.5. The number of benzene rings is 2. The van der Waals surface area contributed by atoms with E-state index in [0.29, 0.717) is 46.2 Å². The molecule has 186 valence electrons. The predicted molar refractivity (Wildman–Crippen MR) is 142 cm³/mol. The van der Waals surface area contributed by atoms with Gasteiger partial charge in [0.1, 0.15) is 23.9 Å². The second-order valence-corrected chi connectivity index (χ2v) is 8.46. The first kappa shape index (κ1) is 25.8. The molecule has 0 saturated carbocycles. The van der Waals surface area contributed by atoms with Crippen molar-refractivity contribution < 1.29 is 18.8 Å². The second-order valence-electron chi connectivity index (χ2n) is 8.46. The molecular weight excluding hydrogens is 483 g/mol. The summed E-state index contributed by atoms with van der Waals surface area (Å²) < 4.78 is 14.5. The topological polar surface area (TPSA) is 113 Å². The number of hydrogen-bond donors (Lipinski definition) is 1.